The molecule has 1 atom stereocenters. The van der Waals surface area contributed by atoms with E-state index in [-0.39, 0.29) is 5.56 Å². The minimum absolute atomic E-state index is 0.253. The molecule has 0 heterocycles. The molecule has 0 spiro atoms. The molecule has 0 aliphatic carbocycles. The smallest absolute Gasteiger partial charge is 0.335 e. The van der Waals surface area contributed by atoms with E-state index in [2.05, 4.69) is 0 Å². The minimum atomic E-state index is -2.22. The summed E-state index contributed by atoms with van der Waals surface area (Å²) in [6, 6.07) is 21.7. The molecule has 5 nitrogen and oxygen atoms in total. The van der Waals surface area contributed by atoms with Crippen molar-refractivity contribution in [2.24, 2.45) is 0 Å². The summed E-state index contributed by atoms with van der Waals surface area (Å²) in [5.41, 5.74) is 4.42. The fourth-order valence-corrected chi connectivity index (χ4v) is 3.70. The van der Waals surface area contributed by atoms with Crippen LogP contribution in [-0.2, 0) is 24.1 Å². The number of benzene rings is 3. The second kappa shape index (κ2) is 8.82. The molecule has 0 bridgehead atoms. The van der Waals surface area contributed by atoms with Crippen molar-refractivity contribution < 1.29 is 18.7 Å². The molecule has 0 amide bonds. The van der Waals surface area contributed by atoms with Gasteiger partial charge in [-0.15, -0.1) is 0 Å². The maximum absolute atomic E-state index is 12.1. The number of hydrogen-bond donors (Lipinski definition) is 2. The first kappa shape index (κ1) is 19.8. The van der Waals surface area contributed by atoms with Gasteiger partial charge in [-0.05, 0) is 61.2 Å². The molecule has 0 saturated heterocycles. The van der Waals surface area contributed by atoms with Crippen LogP contribution in [0.1, 0.15) is 27.0 Å². The number of hydrogen-bond acceptors (Lipinski definition) is 2. The van der Waals surface area contributed by atoms with E-state index in [0.29, 0.717) is 24.2 Å². The van der Waals surface area contributed by atoms with Gasteiger partial charge < -0.3 is 5.11 Å². The summed E-state index contributed by atoms with van der Waals surface area (Å²) < 4.78 is 23.4. The molecule has 3 rings (SSSR count). The number of anilines is 2. The van der Waals surface area contributed by atoms with Crippen LogP contribution in [0.4, 0.5) is 11.4 Å². The minimum Gasteiger partial charge on any atom is -0.478 e. The zero-order chi connectivity index (χ0) is 20.1. The quantitative estimate of drug-likeness (QED) is 0.566. The van der Waals surface area contributed by atoms with Crippen molar-refractivity contribution in [1.29, 1.82) is 0 Å². The van der Waals surface area contributed by atoms with Crippen molar-refractivity contribution >= 4 is 28.6 Å². The molecule has 0 aliphatic heterocycles. The Balaban J connectivity index is 1.89. The van der Waals surface area contributed by atoms with Gasteiger partial charge >= 0.3 is 5.97 Å². The molecule has 0 aromatic heterocycles. The van der Waals surface area contributed by atoms with E-state index in [1.165, 1.54) is 4.31 Å². The van der Waals surface area contributed by atoms with Crippen molar-refractivity contribution in [2.45, 2.75) is 19.8 Å². The Morgan fingerprint density at radius 1 is 0.964 bits per heavy atom. The van der Waals surface area contributed by atoms with Gasteiger partial charge in [-0.1, -0.05) is 48.0 Å². The lowest BCUT2D eigenvalue weighted by Gasteiger charge is -2.23. The second-order valence-corrected chi connectivity index (χ2v) is 7.32. The number of carbonyl (C=O) groups is 1. The van der Waals surface area contributed by atoms with E-state index >= 15 is 0 Å². The van der Waals surface area contributed by atoms with Crippen LogP contribution in [-0.4, -0.2) is 19.8 Å². The SMILES string of the molecule is Cc1ccc(N(c2ccccc2CCc2cccc(C(=O)O)c2)S(=O)O)cc1. The topological polar surface area (TPSA) is 77.8 Å². The summed E-state index contributed by atoms with van der Waals surface area (Å²) in [6.07, 6.45) is 1.23. The maximum Gasteiger partial charge on any atom is 0.335 e. The van der Waals surface area contributed by atoms with Crippen LogP contribution in [0.3, 0.4) is 0 Å². The monoisotopic (exact) mass is 395 g/mol. The summed E-state index contributed by atoms with van der Waals surface area (Å²) in [5, 5.41) is 9.15. The summed E-state index contributed by atoms with van der Waals surface area (Å²) in [7, 11) is 0. The molecule has 2 N–H and O–H groups in total. The highest BCUT2D eigenvalue weighted by Gasteiger charge is 2.18. The second-order valence-electron chi connectivity index (χ2n) is 6.49. The first-order valence-corrected chi connectivity index (χ1v) is 9.90. The summed E-state index contributed by atoms with van der Waals surface area (Å²) in [4.78, 5) is 11.2. The van der Waals surface area contributed by atoms with Crippen LogP contribution in [0.25, 0.3) is 0 Å². The number of carboxylic acid groups (broad SMARTS) is 1. The molecule has 144 valence electrons. The number of aromatic carboxylic acids is 1. The third kappa shape index (κ3) is 4.65. The predicted molar refractivity (Wildman–Crippen MR) is 111 cm³/mol. The molecule has 0 saturated carbocycles. The summed E-state index contributed by atoms with van der Waals surface area (Å²) in [6.45, 7) is 1.96. The Hall–Kier alpha value is -2.96. The van der Waals surface area contributed by atoms with Crippen molar-refractivity contribution in [3.63, 3.8) is 0 Å². The van der Waals surface area contributed by atoms with E-state index in [4.69, 9.17) is 5.11 Å². The van der Waals surface area contributed by atoms with Gasteiger partial charge in [-0.25, -0.2) is 13.3 Å². The molecular formula is C22H21NO4S. The molecule has 1 unspecified atom stereocenters. The molecule has 28 heavy (non-hydrogen) atoms. The van der Waals surface area contributed by atoms with Crippen molar-refractivity contribution in [3.8, 4) is 0 Å². The van der Waals surface area contributed by atoms with Crippen molar-refractivity contribution in [1.82, 2.24) is 0 Å². The lowest BCUT2D eigenvalue weighted by molar-refractivity contribution is 0.0696. The standard InChI is InChI=1S/C22H21NO4S/c1-16-9-13-20(14-10-16)23(28(26)27)21-8-3-2-6-18(21)12-11-17-5-4-7-19(15-17)22(24)25/h2-10,13-15H,11-12H2,1H3,(H,24,25)(H,26,27). The van der Waals surface area contributed by atoms with Gasteiger partial charge in [0, 0.05) is 0 Å². The fraction of sp³-hybridized carbons (Fsp3) is 0.136. The number of nitrogens with zero attached hydrogens (tertiary/aromatic N) is 1. The fourth-order valence-electron chi connectivity index (χ4n) is 3.05. The molecule has 6 heteroatoms. The van der Waals surface area contributed by atoms with Crippen LogP contribution in [0.15, 0.2) is 72.8 Å². The van der Waals surface area contributed by atoms with E-state index in [9.17, 15) is 13.6 Å². The van der Waals surface area contributed by atoms with E-state index in [1.807, 2.05) is 61.5 Å². The largest absolute Gasteiger partial charge is 0.478 e. The summed E-state index contributed by atoms with van der Waals surface area (Å²) in [5.74, 6) is -0.955. The predicted octanol–water partition coefficient (Wildman–Crippen LogP) is 4.75. The lowest BCUT2D eigenvalue weighted by Crippen LogP contribution is -2.20. The number of carboxylic acids is 1. The van der Waals surface area contributed by atoms with Crippen LogP contribution in [0.5, 0.6) is 0 Å². The number of para-hydroxylation sites is 1. The number of aryl methyl sites for hydroxylation is 3. The zero-order valence-corrected chi connectivity index (χ0v) is 16.2. The van der Waals surface area contributed by atoms with Crippen LogP contribution in [0, 0.1) is 6.92 Å². The molecule has 3 aromatic rings. The average Bonchev–Trinajstić information content (AvgIpc) is 2.69. The average molecular weight is 395 g/mol. The molecule has 0 radical (unpaired) electrons. The van der Waals surface area contributed by atoms with Crippen LogP contribution in [0.2, 0.25) is 0 Å². The normalized spacial score (nSPS) is 11.8. The van der Waals surface area contributed by atoms with Gasteiger partial charge in [-0.2, -0.15) is 0 Å². The van der Waals surface area contributed by atoms with Crippen LogP contribution < -0.4 is 4.31 Å². The first-order valence-electron chi connectivity index (χ1n) is 8.83. The highest BCUT2D eigenvalue weighted by Crippen LogP contribution is 2.31. The Bertz CT molecular complexity index is 1000. The third-order valence-corrected chi connectivity index (χ3v) is 5.21. The lowest BCUT2D eigenvalue weighted by atomic mass is 10.0. The molecule has 3 aromatic carbocycles. The third-order valence-electron chi connectivity index (χ3n) is 4.49. The summed E-state index contributed by atoms with van der Waals surface area (Å²) >= 11 is -2.22. The molecule has 0 fully saturated rings. The van der Waals surface area contributed by atoms with E-state index < -0.39 is 17.2 Å². The van der Waals surface area contributed by atoms with Crippen LogP contribution >= 0.6 is 0 Å². The van der Waals surface area contributed by atoms with Crippen molar-refractivity contribution in [2.75, 3.05) is 4.31 Å². The Kier molecular flexibility index (Phi) is 6.23. The Morgan fingerprint density at radius 3 is 2.36 bits per heavy atom. The highest BCUT2D eigenvalue weighted by atomic mass is 32.2. The van der Waals surface area contributed by atoms with Gasteiger partial charge in [-0.3, -0.25) is 4.55 Å². The van der Waals surface area contributed by atoms with Gasteiger partial charge in [0.1, 0.15) is 0 Å². The molecule has 0 aliphatic rings. The van der Waals surface area contributed by atoms with Gasteiger partial charge in [0.05, 0.1) is 16.9 Å². The highest BCUT2D eigenvalue weighted by molar-refractivity contribution is 7.81. The maximum atomic E-state index is 12.1. The van der Waals surface area contributed by atoms with Gasteiger partial charge in [0.2, 0.25) is 0 Å². The molecular weight excluding hydrogens is 374 g/mol. The first-order chi connectivity index (χ1) is 13.5. The van der Waals surface area contributed by atoms with E-state index in [0.717, 1.165) is 16.7 Å². The number of rotatable bonds is 7. The van der Waals surface area contributed by atoms with E-state index in [1.54, 1.807) is 18.2 Å². The van der Waals surface area contributed by atoms with Gasteiger partial charge in [0.15, 0.2) is 0 Å². The zero-order valence-electron chi connectivity index (χ0n) is 15.4. The van der Waals surface area contributed by atoms with Crippen molar-refractivity contribution in [3.05, 3.63) is 95.1 Å². The van der Waals surface area contributed by atoms with Gasteiger partial charge in [0.25, 0.3) is 11.3 Å². The Labute approximate surface area is 166 Å². The Morgan fingerprint density at radius 2 is 1.68 bits per heavy atom.